The van der Waals surface area contributed by atoms with E-state index in [-0.39, 0.29) is 18.4 Å². The number of carbonyl (C=O) groups is 2. The van der Waals surface area contributed by atoms with Gasteiger partial charge in [-0.2, -0.15) is 43.9 Å². The van der Waals surface area contributed by atoms with E-state index in [1.54, 1.807) is 0 Å². The van der Waals surface area contributed by atoms with Crippen LogP contribution in [0.25, 0.3) is 0 Å². The number of hydrogen-bond donors (Lipinski definition) is 1. The molecule has 0 saturated heterocycles. The number of esters is 1. The highest BCUT2D eigenvalue weighted by Crippen LogP contribution is 2.58. The van der Waals surface area contributed by atoms with Gasteiger partial charge in [-0.25, -0.2) is 13.6 Å². The first-order valence-corrected chi connectivity index (χ1v) is 10.3. The van der Waals surface area contributed by atoms with Crippen LogP contribution in [0.5, 0.6) is 0 Å². The number of aryl methyl sites for hydroxylation is 1. The van der Waals surface area contributed by atoms with Crippen molar-refractivity contribution in [1.29, 1.82) is 0 Å². The first kappa shape index (κ1) is 29.0. The van der Waals surface area contributed by atoms with Gasteiger partial charge in [0.1, 0.15) is 5.00 Å². The summed E-state index contributed by atoms with van der Waals surface area (Å²) in [7, 11) is 0.837. The zero-order chi connectivity index (χ0) is 27.2. The van der Waals surface area contributed by atoms with Crippen molar-refractivity contribution in [3.8, 4) is 0 Å². The normalized spacial score (nSPS) is 16.1. The summed E-state index contributed by atoms with van der Waals surface area (Å²) in [6.45, 7) is 0. The van der Waals surface area contributed by atoms with Crippen LogP contribution in [0.1, 0.15) is 40.1 Å². The molecule has 0 fully saturated rings. The molecule has 1 amide bonds. The molecule has 1 aromatic heterocycles. The van der Waals surface area contributed by atoms with Gasteiger partial charge in [-0.15, -0.1) is 11.3 Å². The highest BCUT2D eigenvalue weighted by atomic mass is 32.1. The molecule has 1 aliphatic carbocycles. The molecule has 0 radical (unpaired) electrons. The molecule has 0 saturated carbocycles. The molecule has 0 bridgehead atoms. The summed E-state index contributed by atoms with van der Waals surface area (Å²) in [6.07, 6.45) is -3.54. The molecule has 0 spiro atoms. The van der Waals surface area contributed by atoms with Crippen molar-refractivity contribution in [2.24, 2.45) is 0 Å². The topological polar surface area (TPSA) is 55.4 Å². The molecule has 1 aromatic rings. The number of nitrogens with one attached hydrogen (secondary N) is 1. The molecule has 1 N–H and O–H groups in total. The van der Waals surface area contributed by atoms with E-state index < -0.39 is 58.5 Å². The second-order valence-electron chi connectivity index (χ2n) is 7.44. The van der Waals surface area contributed by atoms with Crippen molar-refractivity contribution >= 4 is 28.2 Å². The van der Waals surface area contributed by atoms with E-state index in [4.69, 9.17) is 0 Å². The van der Waals surface area contributed by atoms with E-state index in [1.165, 1.54) is 0 Å². The van der Waals surface area contributed by atoms with Crippen LogP contribution in [0.2, 0.25) is 0 Å². The maximum atomic E-state index is 14.1. The van der Waals surface area contributed by atoms with Crippen molar-refractivity contribution < 1.29 is 67.0 Å². The molecule has 1 heterocycles. The highest BCUT2D eigenvalue weighted by Gasteiger charge is 2.89. The summed E-state index contributed by atoms with van der Waals surface area (Å²) in [5.41, 5.74) is -0.374. The molecule has 35 heavy (non-hydrogen) atoms. The van der Waals surface area contributed by atoms with Crippen molar-refractivity contribution in [3.05, 3.63) is 16.0 Å². The lowest BCUT2D eigenvalue weighted by Crippen LogP contribution is -2.70. The molecule has 0 unspecified atom stereocenters. The lowest BCUT2D eigenvalue weighted by molar-refractivity contribution is -0.406. The summed E-state index contributed by atoms with van der Waals surface area (Å²) in [5, 5.41) is 0.206. The van der Waals surface area contributed by atoms with Crippen LogP contribution in [-0.2, 0) is 22.4 Å². The lowest BCUT2D eigenvalue weighted by atomic mass is 9.94. The second kappa shape index (κ2) is 9.35. The number of halogens is 12. The van der Waals surface area contributed by atoms with Gasteiger partial charge in [0.05, 0.1) is 12.7 Å². The van der Waals surface area contributed by atoms with Crippen molar-refractivity contribution in [2.45, 2.75) is 68.1 Å². The zero-order valence-corrected chi connectivity index (χ0v) is 18.1. The van der Waals surface area contributed by atoms with Gasteiger partial charge in [-0.1, -0.05) is 6.42 Å². The van der Waals surface area contributed by atoms with E-state index in [0.717, 1.165) is 12.4 Å². The highest BCUT2D eigenvalue weighted by molar-refractivity contribution is 7.17. The molecular formula is C18H15F12NO3S. The minimum absolute atomic E-state index is 0.158. The van der Waals surface area contributed by atoms with Crippen LogP contribution >= 0.6 is 11.3 Å². The van der Waals surface area contributed by atoms with Gasteiger partial charge in [0.25, 0.3) is 0 Å². The largest absolute Gasteiger partial charge is 0.465 e. The summed E-state index contributed by atoms with van der Waals surface area (Å²) in [6, 6.07) is 0. The van der Waals surface area contributed by atoms with E-state index in [1.807, 2.05) is 0 Å². The quantitative estimate of drug-likeness (QED) is 0.238. The number of hydrogen-bond acceptors (Lipinski definition) is 4. The number of methoxy groups -OCH3 is 1. The van der Waals surface area contributed by atoms with Crippen LogP contribution in [-0.4, -0.2) is 55.0 Å². The van der Waals surface area contributed by atoms with E-state index in [9.17, 15) is 62.3 Å². The predicted molar refractivity (Wildman–Crippen MR) is 96.3 cm³/mol. The van der Waals surface area contributed by atoms with Crippen LogP contribution in [0.15, 0.2) is 0 Å². The molecule has 1 aliphatic rings. The molecule has 200 valence electrons. The average Bonchev–Trinajstić information content (AvgIpc) is 2.92. The Morgan fingerprint density at radius 2 is 1.40 bits per heavy atom. The first-order chi connectivity index (χ1) is 15.8. The van der Waals surface area contributed by atoms with E-state index in [2.05, 4.69) is 4.74 Å². The summed E-state index contributed by atoms with van der Waals surface area (Å²) >= 11 is 0.429. The fourth-order valence-electron chi connectivity index (χ4n) is 3.21. The first-order valence-electron chi connectivity index (χ1n) is 9.50. The van der Waals surface area contributed by atoms with Crippen molar-refractivity contribution in [2.75, 3.05) is 12.4 Å². The number of fused-ring (bicyclic) bond motifs is 1. The fourth-order valence-corrected chi connectivity index (χ4v) is 4.49. The lowest BCUT2D eigenvalue weighted by Gasteiger charge is -2.38. The van der Waals surface area contributed by atoms with Crippen LogP contribution in [0.4, 0.5) is 57.7 Å². The van der Waals surface area contributed by atoms with E-state index >= 15 is 0 Å². The summed E-state index contributed by atoms with van der Waals surface area (Å²) in [4.78, 5) is 24.3. The monoisotopic (exact) mass is 553 g/mol. The van der Waals surface area contributed by atoms with Gasteiger partial charge in [0, 0.05) is 4.88 Å². The zero-order valence-electron chi connectivity index (χ0n) is 17.3. The number of thiophene rings is 1. The van der Waals surface area contributed by atoms with E-state index in [0.29, 0.717) is 35.5 Å². The Kier molecular flexibility index (Phi) is 7.76. The Balaban J connectivity index is 2.50. The van der Waals surface area contributed by atoms with Gasteiger partial charge >= 0.3 is 47.9 Å². The molecule has 0 atom stereocenters. The van der Waals surface area contributed by atoms with Crippen molar-refractivity contribution in [3.63, 3.8) is 0 Å². The third-order valence-electron chi connectivity index (χ3n) is 5.20. The second-order valence-corrected chi connectivity index (χ2v) is 8.54. The molecule has 4 nitrogen and oxygen atoms in total. The predicted octanol–water partition coefficient (Wildman–Crippen LogP) is 6.18. The maximum Gasteiger partial charge on any atom is 0.393 e. The Morgan fingerprint density at radius 3 is 1.91 bits per heavy atom. The maximum absolute atomic E-state index is 14.1. The minimum Gasteiger partial charge on any atom is -0.465 e. The van der Waals surface area contributed by atoms with Crippen LogP contribution < -0.4 is 5.32 Å². The smallest absolute Gasteiger partial charge is 0.393 e. The summed E-state index contributed by atoms with van der Waals surface area (Å²) in [5.74, 6) is -41.8. The average molecular weight is 553 g/mol. The number of anilines is 1. The number of rotatable bonds is 8. The number of carbonyl (C=O) groups excluding carboxylic acids is 2. The third-order valence-corrected chi connectivity index (χ3v) is 6.41. The SMILES string of the molecule is COC(=O)c1c(NC(=O)C(F)(F)C(F)(F)C(F)(F)C(F)(F)C(F)(F)C(F)F)sc2c1CCCCC2. The van der Waals surface area contributed by atoms with Gasteiger partial charge in [-0.3, -0.25) is 4.79 Å². The van der Waals surface area contributed by atoms with Gasteiger partial charge in [0.15, 0.2) is 0 Å². The fraction of sp³-hybridized carbons (Fsp3) is 0.667. The standard InChI is InChI=1S/C18H15F12NO3S/c1-34-11(32)9-7-5-3-2-4-6-8(7)35-10(9)31-13(33)15(23,24)17(27,28)18(29,30)16(25,26)14(21,22)12(19)20/h12H,2-6H2,1H3,(H,31,33). The Hall–Kier alpha value is -2.20. The summed E-state index contributed by atoms with van der Waals surface area (Å²) < 4.78 is 165. The molecule has 0 aliphatic heterocycles. The van der Waals surface area contributed by atoms with Crippen molar-refractivity contribution in [1.82, 2.24) is 0 Å². The molecule has 17 heteroatoms. The van der Waals surface area contributed by atoms with Gasteiger partial charge in [-0.05, 0) is 31.2 Å². The molecule has 2 rings (SSSR count). The van der Waals surface area contributed by atoms with Gasteiger partial charge in [0.2, 0.25) is 0 Å². The Morgan fingerprint density at radius 1 is 0.857 bits per heavy atom. The number of alkyl halides is 12. The minimum atomic E-state index is -7.83. The molecular weight excluding hydrogens is 538 g/mol. The van der Waals surface area contributed by atoms with Crippen LogP contribution in [0, 0.1) is 0 Å². The Bertz CT molecular complexity index is 976. The Labute approximate surface area is 192 Å². The number of amides is 1. The van der Waals surface area contributed by atoms with Gasteiger partial charge < -0.3 is 10.1 Å². The number of ether oxygens (including phenoxy) is 1. The molecule has 0 aromatic carbocycles. The third kappa shape index (κ3) is 4.43. The van der Waals surface area contributed by atoms with Crippen LogP contribution in [0.3, 0.4) is 0 Å².